The fourth-order valence-corrected chi connectivity index (χ4v) is 2.03. The molecule has 0 aliphatic rings. The Kier molecular flexibility index (Phi) is 3.71. The van der Waals surface area contributed by atoms with E-state index in [1.54, 1.807) is 0 Å². The van der Waals surface area contributed by atoms with Gasteiger partial charge in [-0.25, -0.2) is 17.6 Å². The van der Waals surface area contributed by atoms with Gasteiger partial charge in [0.15, 0.2) is 23.3 Å². The SMILES string of the molecule is CSc1c(F)c(F)c(SC)c(F)c1F. The number of halogens is 4. The van der Waals surface area contributed by atoms with Crippen LogP contribution in [0.5, 0.6) is 0 Å². The fraction of sp³-hybridized carbons (Fsp3) is 0.250. The Morgan fingerprint density at radius 2 is 0.857 bits per heavy atom. The molecule has 0 saturated carbocycles. The lowest BCUT2D eigenvalue weighted by molar-refractivity contribution is 0.401. The van der Waals surface area contributed by atoms with Crippen molar-refractivity contribution in [3.05, 3.63) is 23.3 Å². The largest absolute Gasteiger partial charge is 0.202 e. The van der Waals surface area contributed by atoms with Gasteiger partial charge in [0.2, 0.25) is 0 Å². The van der Waals surface area contributed by atoms with E-state index in [1.807, 2.05) is 0 Å². The summed E-state index contributed by atoms with van der Waals surface area (Å²) in [6.07, 6.45) is 2.69. The van der Waals surface area contributed by atoms with Crippen LogP contribution in [0.2, 0.25) is 0 Å². The van der Waals surface area contributed by atoms with Crippen molar-refractivity contribution in [2.24, 2.45) is 0 Å². The minimum absolute atomic E-state index is 0.627. The summed E-state index contributed by atoms with van der Waals surface area (Å²) in [6, 6.07) is 0. The van der Waals surface area contributed by atoms with E-state index in [1.165, 1.54) is 12.5 Å². The number of benzene rings is 1. The molecule has 78 valence electrons. The van der Waals surface area contributed by atoms with E-state index < -0.39 is 33.1 Å². The zero-order chi connectivity index (χ0) is 10.9. The van der Waals surface area contributed by atoms with Crippen LogP contribution in [-0.2, 0) is 0 Å². The van der Waals surface area contributed by atoms with Crippen LogP contribution in [0.25, 0.3) is 0 Å². The fourth-order valence-electron chi connectivity index (χ4n) is 0.950. The third-order valence-corrected chi connectivity index (χ3v) is 3.12. The van der Waals surface area contributed by atoms with Crippen molar-refractivity contribution in [2.75, 3.05) is 12.5 Å². The van der Waals surface area contributed by atoms with Crippen LogP contribution >= 0.6 is 23.5 Å². The highest BCUT2D eigenvalue weighted by Gasteiger charge is 2.24. The number of thioether (sulfide) groups is 2. The van der Waals surface area contributed by atoms with Gasteiger partial charge in [-0.15, -0.1) is 23.5 Å². The van der Waals surface area contributed by atoms with Gasteiger partial charge in [0.05, 0.1) is 9.79 Å². The van der Waals surface area contributed by atoms with E-state index >= 15 is 0 Å². The molecule has 14 heavy (non-hydrogen) atoms. The first-order valence-electron chi connectivity index (χ1n) is 3.48. The monoisotopic (exact) mass is 242 g/mol. The Morgan fingerprint density at radius 1 is 0.643 bits per heavy atom. The van der Waals surface area contributed by atoms with Crippen LogP contribution in [-0.4, -0.2) is 12.5 Å². The number of hydrogen-bond acceptors (Lipinski definition) is 2. The van der Waals surface area contributed by atoms with Crippen molar-refractivity contribution in [3.63, 3.8) is 0 Å². The highest BCUT2D eigenvalue weighted by molar-refractivity contribution is 7.99. The van der Waals surface area contributed by atoms with Crippen LogP contribution in [0.1, 0.15) is 0 Å². The Morgan fingerprint density at radius 3 is 1.00 bits per heavy atom. The van der Waals surface area contributed by atoms with Crippen LogP contribution in [0, 0.1) is 23.3 Å². The van der Waals surface area contributed by atoms with Crippen molar-refractivity contribution >= 4 is 23.5 Å². The van der Waals surface area contributed by atoms with E-state index in [2.05, 4.69) is 0 Å². The summed E-state index contributed by atoms with van der Waals surface area (Å²) in [5.74, 6) is -5.33. The first-order valence-corrected chi connectivity index (χ1v) is 5.93. The molecule has 0 spiro atoms. The Balaban J connectivity index is 3.55. The second kappa shape index (κ2) is 4.44. The standard InChI is InChI=1S/C8H6F4S2/c1-13-7-3(9)5(11)8(14-2)6(12)4(7)10/h1-2H3. The Hall–Kier alpha value is -0.360. The highest BCUT2D eigenvalue weighted by atomic mass is 32.2. The Labute approximate surface area is 87.1 Å². The van der Waals surface area contributed by atoms with Gasteiger partial charge in [-0.2, -0.15) is 0 Å². The minimum Gasteiger partial charge on any atom is -0.202 e. The molecule has 0 N–H and O–H groups in total. The van der Waals surface area contributed by atoms with Crippen LogP contribution < -0.4 is 0 Å². The van der Waals surface area contributed by atoms with Crippen LogP contribution in [0.3, 0.4) is 0 Å². The molecule has 0 aromatic heterocycles. The van der Waals surface area contributed by atoms with Crippen molar-refractivity contribution in [1.82, 2.24) is 0 Å². The molecular formula is C8H6F4S2. The lowest BCUT2D eigenvalue weighted by Crippen LogP contribution is -2.00. The van der Waals surface area contributed by atoms with Gasteiger partial charge in [0.25, 0.3) is 0 Å². The predicted molar refractivity (Wildman–Crippen MR) is 49.8 cm³/mol. The van der Waals surface area contributed by atoms with Gasteiger partial charge in [0.1, 0.15) is 0 Å². The topological polar surface area (TPSA) is 0 Å². The summed E-state index contributed by atoms with van der Waals surface area (Å²) in [5, 5.41) is 0. The summed E-state index contributed by atoms with van der Waals surface area (Å²) >= 11 is 1.26. The maximum absolute atomic E-state index is 13.1. The van der Waals surface area contributed by atoms with Crippen LogP contribution in [0.4, 0.5) is 17.6 Å². The quantitative estimate of drug-likeness (QED) is 0.440. The predicted octanol–water partition coefficient (Wildman–Crippen LogP) is 3.69. The molecule has 0 unspecified atom stereocenters. The summed E-state index contributed by atoms with van der Waals surface area (Å²) in [4.78, 5) is -1.25. The average Bonchev–Trinajstić information content (AvgIpc) is 2.17. The molecule has 6 heteroatoms. The van der Waals surface area contributed by atoms with Crippen molar-refractivity contribution in [3.8, 4) is 0 Å². The molecule has 0 bridgehead atoms. The Bertz CT molecular complexity index is 301. The molecule has 0 atom stereocenters. The van der Waals surface area contributed by atoms with Gasteiger partial charge in [0, 0.05) is 0 Å². The third-order valence-electron chi connectivity index (χ3n) is 1.59. The second-order valence-corrected chi connectivity index (χ2v) is 3.96. The first kappa shape index (κ1) is 11.7. The summed E-state index contributed by atoms with van der Waals surface area (Å²) in [5.41, 5.74) is 0. The molecule has 1 aromatic carbocycles. The number of rotatable bonds is 2. The van der Waals surface area contributed by atoms with Gasteiger partial charge in [-0.1, -0.05) is 0 Å². The van der Waals surface area contributed by atoms with Crippen molar-refractivity contribution in [1.29, 1.82) is 0 Å². The second-order valence-electron chi connectivity index (χ2n) is 2.32. The maximum Gasteiger partial charge on any atom is 0.176 e. The zero-order valence-corrected chi connectivity index (χ0v) is 8.96. The molecule has 1 aromatic rings. The average molecular weight is 242 g/mol. The number of hydrogen-bond donors (Lipinski definition) is 0. The smallest absolute Gasteiger partial charge is 0.176 e. The van der Waals surface area contributed by atoms with Crippen molar-refractivity contribution in [2.45, 2.75) is 9.79 Å². The van der Waals surface area contributed by atoms with E-state index in [4.69, 9.17) is 0 Å². The van der Waals surface area contributed by atoms with Gasteiger partial charge in [-0.05, 0) is 12.5 Å². The summed E-state index contributed by atoms with van der Waals surface area (Å²) < 4.78 is 52.3. The maximum atomic E-state index is 13.1. The first-order chi connectivity index (χ1) is 6.54. The van der Waals surface area contributed by atoms with Gasteiger partial charge in [-0.3, -0.25) is 0 Å². The lowest BCUT2D eigenvalue weighted by Gasteiger charge is -2.07. The molecular weight excluding hydrogens is 236 g/mol. The molecule has 0 nitrogen and oxygen atoms in total. The normalized spacial score (nSPS) is 10.7. The molecule has 0 fully saturated rings. The third kappa shape index (κ3) is 1.72. The highest BCUT2D eigenvalue weighted by Crippen LogP contribution is 2.33. The van der Waals surface area contributed by atoms with E-state index in [0.29, 0.717) is 23.5 Å². The lowest BCUT2D eigenvalue weighted by atomic mass is 10.3. The molecule has 0 amide bonds. The molecule has 1 rings (SSSR count). The van der Waals surface area contributed by atoms with Gasteiger partial charge < -0.3 is 0 Å². The molecule has 0 aliphatic carbocycles. The van der Waals surface area contributed by atoms with Crippen molar-refractivity contribution < 1.29 is 17.6 Å². The molecule has 0 heterocycles. The van der Waals surface area contributed by atoms with E-state index in [-0.39, 0.29) is 0 Å². The van der Waals surface area contributed by atoms with E-state index in [9.17, 15) is 17.6 Å². The zero-order valence-electron chi connectivity index (χ0n) is 7.33. The molecule has 0 radical (unpaired) electrons. The summed E-state index contributed by atoms with van der Waals surface area (Å²) in [7, 11) is 0. The van der Waals surface area contributed by atoms with Gasteiger partial charge >= 0.3 is 0 Å². The molecule has 0 aliphatic heterocycles. The van der Waals surface area contributed by atoms with Crippen LogP contribution in [0.15, 0.2) is 9.79 Å². The van der Waals surface area contributed by atoms with E-state index in [0.717, 1.165) is 0 Å². The minimum atomic E-state index is -1.33. The summed E-state index contributed by atoms with van der Waals surface area (Å²) in [6.45, 7) is 0. The molecule has 0 saturated heterocycles.